The third-order valence-electron chi connectivity index (χ3n) is 7.48. The summed E-state index contributed by atoms with van der Waals surface area (Å²) in [6.45, 7) is 7.80. The minimum absolute atomic E-state index is 0.0131. The van der Waals surface area contributed by atoms with E-state index in [4.69, 9.17) is 0 Å². The van der Waals surface area contributed by atoms with Crippen molar-refractivity contribution < 1.29 is 9.59 Å². The van der Waals surface area contributed by atoms with Crippen LogP contribution in [0.25, 0.3) is 15.9 Å². The Balaban J connectivity index is 1.08. The molecule has 7 heteroatoms. The molecule has 186 valence electrons. The SMILES string of the molecule is CC1CCCN(CCCNC(=O)C2CCN(C(=O)c3ccc(-n4ccc5ccccc54)s3)CC2)C1. The number of nitrogens with zero attached hydrogens (tertiary/aromatic N) is 3. The smallest absolute Gasteiger partial charge is 0.263 e. The molecule has 2 aliphatic rings. The number of likely N-dealkylation sites (tertiary alicyclic amines) is 2. The Hall–Kier alpha value is -2.64. The van der Waals surface area contributed by atoms with Crippen LogP contribution in [-0.2, 0) is 4.79 Å². The van der Waals surface area contributed by atoms with Crippen molar-refractivity contribution in [2.24, 2.45) is 11.8 Å². The second-order valence-corrected chi connectivity index (χ2v) is 11.2. The lowest BCUT2D eigenvalue weighted by atomic mass is 9.95. The Bertz CT molecular complexity index is 1160. The molecule has 1 N–H and O–H groups in total. The first-order chi connectivity index (χ1) is 17.1. The first-order valence-electron chi connectivity index (χ1n) is 13.0. The van der Waals surface area contributed by atoms with E-state index >= 15 is 0 Å². The molecule has 1 unspecified atom stereocenters. The Morgan fingerprint density at radius 2 is 1.86 bits per heavy atom. The number of rotatable bonds is 7. The zero-order chi connectivity index (χ0) is 24.2. The molecular formula is C28H36N4O2S. The van der Waals surface area contributed by atoms with Crippen LogP contribution in [0.15, 0.2) is 48.7 Å². The van der Waals surface area contributed by atoms with Crippen LogP contribution in [0.5, 0.6) is 0 Å². The molecule has 6 nitrogen and oxygen atoms in total. The molecule has 0 bridgehead atoms. The lowest BCUT2D eigenvalue weighted by molar-refractivity contribution is -0.126. The molecule has 0 aliphatic carbocycles. The second kappa shape index (κ2) is 11.0. The normalized spacial score (nSPS) is 19.8. The van der Waals surface area contributed by atoms with E-state index in [1.54, 1.807) is 0 Å². The Labute approximate surface area is 211 Å². The third kappa shape index (κ3) is 5.62. The summed E-state index contributed by atoms with van der Waals surface area (Å²) in [6.07, 6.45) is 7.17. The lowest BCUT2D eigenvalue weighted by Gasteiger charge is -2.32. The van der Waals surface area contributed by atoms with Gasteiger partial charge in [-0.05, 0) is 80.8 Å². The second-order valence-electron chi connectivity index (χ2n) is 10.1. The van der Waals surface area contributed by atoms with Gasteiger partial charge < -0.3 is 19.7 Å². The van der Waals surface area contributed by atoms with Crippen LogP contribution in [0, 0.1) is 11.8 Å². The van der Waals surface area contributed by atoms with Crippen LogP contribution in [0.2, 0.25) is 0 Å². The molecule has 2 aromatic heterocycles. The van der Waals surface area contributed by atoms with Gasteiger partial charge in [0.25, 0.3) is 5.91 Å². The van der Waals surface area contributed by atoms with Gasteiger partial charge in [-0.2, -0.15) is 0 Å². The topological polar surface area (TPSA) is 57.6 Å². The van der Waals surface area contributed by atoms with Crippen LogP contribution < -0.4 is 5.32 Å². The summed E-state index contributed by atoms with van der Waals surface area (Å²) in [5, 5.41) is 5.38. The van der Waals surface area contributed by atoms with E-state index in [2.05, 4.69) is 46.1 Å². The van der Waals surface area contributed by atoms with Crippen molar-refractivity contribution in [3.05, 3.63) is 53.5 Å². The maximum atomic E-state index is 13.1. The Morgan fingerprint density at radius 1 is 1.03 bits per heavy atom. The molecule has 1 atom stereocenters. The lowest BCUT2D eigenvalue weighted by Crippen LogP contribution is -2.43. The first-order valence-corrected chi connectivity index (χ1v) is 13.9. The highest BCUT2D eigenvalue weighted by atomic mass is 32.1. The molecule has 0 saturated carbocycles. The number of hydrogen-bond acceptors (Lipinski definition) is 4. The fraction of sp³-hybridized carbons (Fsp3) is 0.500. The first kappa shape index (κ1) is 24.1. The largest absolute Gasteiger partial charge is 0.356 e. The standard InChI is InChI=1S/C28H36N4O2S/c1-21-6-4-15-30(20-21)16-5-14-29-27(33)23-11-17-31(18-12-23)28(34)25-9-10-26(35-25)32-19-13-22-7-2-3-8-24(22)32/h2-3,7-10,13,19,21,23H,4-6,11-12,14-18,20H2,1H3,(H,29,33). The van der Waals surface area contributed by atoms with Gasteiger partial charge in [-0.1, -0.05) is 25.1 Å². The molecule has 35 heavy (non-hydrogen) atoms. The molecule has 2 aliphatic heterocycles. The number of carbonyl (C=O) groups is 2. The quantitative estimate of drug-likeness (QED) is 0.483. The number of aromatic nitrogens is 1. The van der Waals surface area contributed by atoms with Gasteiger partial charge in [0.15, 0.2) is 0 Å². The summed E-state index contributed by atoms with van der Waals surface area (Å²) in [5.41, 5.74) is 1.14. The predicted molar refractivity (Wildman–Crippen MR) is 142 cm³/mol. The van der Waals surface area contributed by atoms with Gasteiger partial charge in [0.1, 0.15) is 5.00 Å². The van der Waals surface area contributed by atoms with E-state index in [0.29, 0.717) is 13.1 Å². The van der Waals surface area contributed by atoms with Gasteiger partial charge in [0.2, 0.25) is 5.91 Å². The zero-order valence-electron chi connectivity index (χ0n) is 20.6. The maximum Gasteiger partial charge on any atom is 0.263 e. The van der Waals surface area contributed by atoms with Gasteiger partial charge in [0, 0.05) is 38.3 Å². The fourth-order valence-electron chi connectivity index (χ4n) is 5.50. The van der Waals surface area contributed by atoms with Crippen LogP contribution in [-0.4, -0.2) is 65.4 Å². The number of thiophene rings is 1. The molecular weight excluding hydrogens is 456 g/mol. The monoisotopic (exact) mass is 492 g/mol. The number of carbonyl (C=O) groups excluding carboxylic acids is 2. The third-order valence-corrected chi connectivity index (χ3v) is 8.56. The molecule has 2 amide bonds. The van der Waals surface area contributed by atoms with Crippen molar-refractivity contribution in [1.82, 2.24) is 19.7 Å². The van der Waals surface area contributed by atoms with E-state index in [0.717, 1.165) is 53.7 Å². The van der Waals surface area contributed by atoms with E-state index in [1.165, 1.54) is 42.7 Å². The van der Waals surface area contributed by atoms with Gasteiger partial charge in [-0.15, -0.1) is 11.3 Å². The average Bonchev–Trinajstić information content (AvgIpc) is 3.53. The maximum absolute atomic E-state index is 13.1. The molecule has 0 radical (unpaired) electrons. The highest BCUT2D eigenvalue weighted by Gasteiger charge is 2.28. The molecule has 4 heterocycles. The Morgan fingerprint density at radius 3 is 2.69 bits per heavy atom. The molecule has 5 rings (SSSR count). The summed E-state index contributed by atoms with van der Waals surface area (Å²) in [7, 11) is 0. The van der Waals surface area contributed by atoms with Gasteiger partial charge in [0.05, 0.1) is 10.4 Å². The van der Waals surface area contributed by atoms with Crippen molar-refractivity contribution in [2.75, 3.05) is 39.3 Å². The Kier molecular flexibility index (Phi) is 7.54. The highest BCUT2D eigenvalue weighted by molar-refractivity contribution is 7.16. The predicted octanol–water partition coefficient (Wildman–Crippen LogP) is 4.78. The van der Waals surface area contributed by atoms with E-state index in [1.807, 2.05) is 29.2 Å². The van der Waals surface area contributed by atoms with Crippen molar-refractivity contribution in [2.45, 2.75) is 39.0 Å². The number of amides is 2. The van der Waals surface area contributed by atoms with Crippen molar-refractivity contribution in [3.8, 4) is 5.00 Å². The van der Waals surface area contributed by atoms with Crippen LogP contribution in [0.1, 0.15) is 48.7 Å². The van der Waals surface area contributed by atoms with Gasteiger partial charge >= 0.3 is 0 Å². The molecule has 2 saturated heterocycles. The number of hydrogen-bond donors (Lipinski definition) is 1. The molecule has 2 fully saturated rings. The van der Waals surface area contributed by atoms with E-state index in [-0.39, 0.29) is 17.7 Å². The van der Waals surface area contributed by atoms with Gasteiger partial charge in [-0.25, -0.2) is 0 Å². The number of benzene rings is 1. The van der Waals surface area contributed by atoms with E-state index < -0.39 is 0 Å². The van der Waals surface area contributed by atoms with Gasteiger partial charge in [-0.3, -0.25) is 9.59 Å². The van der Waals surface area contributed by atoms with Crippen LogP contribution >= 0.6 is 11.3 Å². The number of piperidine rings is 2. The number of fused-ring (bicyclic) bond motifs is 1. The molecule has 0 spiro atoms. The van der Waals surface area contributed by atoms with Crippen LogP contribution in [0.4, 0.5) is 0 Å². The van der Waals surface area contributed by atoms with Crippen molar-refractivity contribution in [3.63, 3.8) is 0 Å². The summed E-state index contributed by atoms with van der Waals surface area (Å²) in [4.78, 5) is 31.0. The summed E-state index contributed by atoms with van der Waals surface area (Å²) < 4.78 is 2.14. The number of nitrogens with one attached hydrogen (secondary N) is 1. The van der Waals surface area contributed by atoms with Crippen molar-refractivity contribution >= 4 is 34.1 Å². The average molecular weight is 493 g/mol. The summed E-state index contributed by atoms with van der Waals surface area (Å²) >= 11 is 1.53. The minimum atomic E-state index is 0.0131. The zero-order valence-corrected chi connectivity index (χ0v) is 21.4. The van der Waals surface area contributed by atoms with Crippen molar-refractivity contribution in [1.29, 1.82) is 0 Å². The van der Waals surface area contributed by atoms with E-state index in [9.17, 15) is 9.59 Å². The molecule has 1 aromatic carbocycles. The highest BCUT2D eigenvalue weighted by Crippen LogP contribution is 2.28. The fourth-order valence-corrected chi connectivity index (χ4v) is 6.47. The number of para-hydroxylation sites is 1. The minimum Gasteiger partial charge on any atom is -0.356 e. The van der Waals surface area contributed by atoms with Crippen LogP contribution in [0.3, 0.4) is 0 Å². The summed E-state index contributed by atoms with van der Waals surface area (Å²) in [6, 6.07) is 14.3. The molecule has 3 aromatic rings. The summed E-state index contributed by atoms with van der Waals surface area (Å²) in [5.74, 6) is 1.04.